The molecule has 19 heavy (non-hydrogen) atoms. The molecule has 2 rings (SSSR count). The first-order valence-electron chi connectivity index (χ1n) is 8.19. The third-order valence-corrected chi connectivity index (χ3v) is 5.02. The van der Waals surface area contributed by atoms with E-state index in [2.05, 4.69) is 18.7 Å². The van der Waals surface area contributed by atoms with Crippen LogP contribution in [0.1, 0.15) is 65.2 Å². The molecule has 1 aliphatic heterocycles. The number of nitrogens with two attached hydrogens (primary N) is 1. The Kier molecular flexibility index (Phi) is 5.26. The summed E-state index contributed by atoms with van der Waals surface area (Å²) in [5, 5.41) is 0. The minimum absolute atomic E-state index is 0.0845. The first-order chi connectivity index (χ1) is 9.13. The molecule has 0 aromatic rings. The van der Waals surface area contributed by atoms with Gasteiger partial charge in [-0.1, -0.05) is 20.3 Å². The standard InChI is InChI=1S/C16H30N2O/c1-3-6-13-7-4-5-10-18(13)16(19)14-11-12(2)8-9-15(14)17/h12-15H,3-11,17H2,1-2H3. The maximum absolute atomic E-state index is 12.8. The minimum Gasteiger partial charge on any atom is -0.339 e. The maximum atomic E-state index is 12.8. The molecular weight excluding hydrogens is 236 g/mol. The Balaban J connectivity index is 2.03. The molecule has 1 heterocycles. The lowest BCUT2D eigenvalue weighted by atomic mass is 9.78. The van der Waals surface area contributed by atoms with E-state index in [1.54, 1.807) is 0 Å². The van der Waals surface area contributed by atoms with Gasteiger partial charge in [-0.3, -0.25) is 4.79 Å². The average molecular weight is 266 g/mol. The Morgan fingerprint density at radius 1 is 1.26 bits per heavy atom. The van der Waals surface area contributed by atoms with E-state index in [-0.39, 0.29) is 12.0 Å². The number of carbonyl (C=O) groups is 1. The van der Waals surface area contributed by atoms with E-state index in [1.165, 1.54) is 32.1 Å². The SMILES string of the molecule is CCCC1CCCCN1C(=O)C1CC(C)CCC1N. The van der Waals surface area contributed by atoms with Gasteiger partial charge in [-0.05, 0) is 50.9 Å². The van der Waals surface area contributed by atoms with Crippen LogP contribution in [0.15, 0.2) is 0 Å². The van der Waals surface area contributed by atoms with E-state index in [0.717, 1.165) is 25.8 Å². The molecule has 1 aliphatic carbocycles. The van der Waals surface area contributed by atoms with Crippen LogP contribution in [0, 0.1) is 11.8 Å². The van der Waals surface area contributed by atoms with Gasteiger partial charge in [0.15, 0.2) is 0 Å². The van der Waals surface area contributed by atoms with E-state index in [0.29, 0.717) is 17.9 Å². The fourth-order valence-corrected chi connectivity index (χ4v) is 3.83. The first-order valence-corrected chi connectivity index (χ1v) is 8.19. The molecule has 1 amide bonds. The van der Waals surface area contributed by atoms with E-state index < -0.39 is 0 Å². The van der Waals surface area contributed by atoms with Gasteiger partial charge in [0.1, 0.15) is 0 Å². The largest absolute Gasteiger partial charge is 0.339 e. The Labute approximate surface area is 117 Å². The number of piperidine rings is 1. The third kappa shape index (κ3) is 3.50. The summed E-state index contributed by atoms with van der Waals surface area (Å²) in [6.07, 6.45) is 9.16. The van der Waals surface area contributed by atoms with Crippen LogP contribution in [0.5, 0.6) is 0 Å². The van der Waals surface area contributed by atoms with Crippen LogP contribution >= 0.6 is 0 Å². The van der Waals surface area contributed by atoms with Crippen LogP contribution in [-0.2, 0) is 4.79 Å². The molecule has 3 nitrogen and oxygen atoms in total. The molecule has 0 spiro atoms. The molecule has 0 aromatic carbocycles. The highest BCUT2D eigenvalue weighted by Gasteiger charge is 2.36. The van der Waals surface area contributed by atoms with Crippen molar-refractivity contribution in [2.24, 2.45) is 17.6 Å². The van der Waals surface area contributed by atoms with Crippen LogP contribution in [0.4, 0.5) is 0 Å². The van der Waals surface area contributed by atoms with Crippen molar-refractivity contribution in [1.29, 1.82) is 0 Å². The zero-order valence-corrected chi connectivity index (χ0v) is 12.6. The maximum Gasteiger partial charge on any atom is 0.227 e. The number of carbonyl (C=O) groups excluding carboxylic acids is 1. The second-order valence-corrected chi connectivity index (χ2v) is 6.66. The van der Waals surface area contributed by atoms with Gasteiger partial charge in [-0.15, -0.1) is 0 Å². The van der Waals surface area contributed by atoms with Gasteiger partial charge >= 0.3 is 0 Å². The highest BCUT2D eigenvalue weighted by molar-refractivity contribution is 5.80. The highest BCUT2D eigenvalue weighted by Crippen LogP contribution is 2.31. The zero-order chi connectivity index (χ0) is 13.8. The van der Waals surface area contributed by atoms with E-state index in [1.807, 2.05) is 0 Å². The van der Waals surface area contributed by atoms with Crippen molar-refractivity contribution in [1.82, 2.24) is 4.90 Å². The van der Waals surface area contributed by atoms with Crippen molar-refractivity contribution in [2.75, 3.05) is 6.54 Å². The summed E-state index contributed by atoms with van der Waals surface area (Å²) >= 11 is 0. The average Bonchev–Trinajstić information content (AvgIpc) is 2.42. The highest BCUT2D eigenvalue weighted by atomic mass is 16.2. The summed E-state index contributed by atoms with van der Waals surface area (Å²) in [6.45, 7) is 5.43. The molecule has 2 fully saturated rings. The van der Waals surface area contributed by atoms with Gasteiger partial charge < -0.3 is 10.6 Å². The zero-order valence-electron chi connectivity index (χ0n) is 12.6. The van der Waals surface area contributed by atoms with Gasteiger partial charge in [0, 0.05) is 18.6 Å². The Morgan fingerprint density at radius 2 is 2.05 bits per heavy atom. The lowest BCUT2D eigenvalue weighted by molar-refractivity contribution is -0.141. The smallest absolute Gasteiger partial charge is 0.227 e. The van der Waals surface area contributed by atoms with Crippen molar-refractivity contribution in [3.05, 3.63) is 0 Å². The first kappa shape index (κ1) is 14.8. The van der Waals surface area contributed by atoms with E-state index in [9.17, 15) is 4.79 Å². The molecule has 1 saturated carbocycles. The van der Waals surface area contributed by atoms with Gasteiger partial charge in [0.05, 0.1) is 5.92 Å². The number of rotatable bonds is 3. The van der Waals surface area contributed by atoms with Crippen molar-refractivity contribution in [3.8, 4) is 0 Å². The number of hydrogen-bond acceptors (Lipinski definition) is 2. The topological polar surface area (TPSA) is 46.3 Å². The summed E-state index contributed by atoms with van der Waals surface area (Å²) in [6, 6.07) is 0.573. The molecule has 0 bridgehead atoms. The van der Waals surface area contributed by atoms with Crippen LogP contribution < -0.4 is 5.73 Å². The Bertz CT molecular complexity index is 303. The van der Waals surface area contributed by atoms with Gasteiger partial charge in [0.2, 0.25) is 5.91 Å². The molecule has 2 aliphatic rings. The van der Waals surface area contributed by atoms with Crippen molar-refractivity contribution in [3.63, 3.8) is 0 Å². The molecule has 0 aromatic heterocycles. The monoisotopic (exact) mass is 266 g/mol. The lowest BCUT2D eigenvalue weighted by Crippen LogP contribution is -2.51. The van der Waals surface area contributed by atoms with E-state index >= 15 is 0 Å². The fourth-order valence-electron chi connectivity index (χ4n) is 3.83. The van der Waals surface area contributed by atoms with Crippen LogP contribution in [0.25, 0.3) is 0 Å². The molecule has 3 heteroatoms. The van der Waals surface area contributed by atoms with E-state index in [4.69, 9.17) is 5.73 Å². The lowest BCUT2D eigenvalue weighted by Gasteiger charge is -2.41. The van der Waals surface area contributed by atoms with Crippen molar-refractivity contribution >= 4 is 5.91 Å². The summed E-state index contributed by atoms with van der Waals surface area (Å²) in [5.74, 6) is 1.10. The molecular formula is C16H30N2O. The number of hydrogen-bond donors (Lipinski definition) is 1. The van der Waals surface area contributed by atoms with Crippen LogP contribution in [0.2, 0.25) is 0 Å². The third-order valence-electron chi connectivity index (χ3n) is 5.02. The second kappa shape index (κ2) is 6.74. The quantitative estimate of drug-likeness (QED) is 0.853. The molecule has 4 unspecified atom stereocenters. The molecule has 110 valence electrons. The Morgan fingerprint density at radius 3 is 2.79 bits per heavy atom. The molecule has 0 radical (unpaired) electrons. The van der Waals surface area contributed by atoms with Gasteiger partial charge in [-0.2, -0.15) is 0 Å². The summed E-state index contributed by atoms with van der Waals surface area (Å²) in [5.41, 5.74) is 6.22. The number of nitrogens with zero attached hydrogens (tertiary/aromatic N) is 1. The molecule has 1 saturated heterocycles. The summed E-state index contributed by atoms with van der Waals surface area (Å²) < 4.78 is 0. The number of likely N-dealkylation sites (tertiary alicyclic amines) is 1. The van der Waals surface area contributed by atoms with Crippen molar-refractivity contribution in [2.45, 2.75) is 77.3 Å². The van der Waals surface area contributed by atoms with Crippen LogP contribution in [0.3, 0.4) is 0 Å². The van der Waals surface area contributed by atoms with Crippen molar-refractivity contribution < 1.29 is 4.79 Å². The minimum atomic E-state index is 0.0845. The van der Waals surface area contributed by atoms with Gasteiger partial charge in [0.25, 0.3) is 0 Å². The summed E-state index contributed by atoms with van der Waals surface area (Å²) in [4.78, 5) is 15.0. The Hall–Kier alpha value is -0.570. The normalized spacial score (nSPS) is 36.3. The number of amides is 1. The predicted molar refractivity (Wildman–Crippen MR) is 78.7 cm³/mol. The van der Waals surface area contributed by atoms with Crippen LogP contribution in [-0.4, -0.2) is 29.4 Å². The predicted octanol–water partition coefficient (Wildman–Crippen LogP) is 2.93. The fraction of sp³-hybridized carbons (Fsp3) is 0.938. The summed E-state index contributed by atoms with van der Waals surface area (Å²) in [7, 11) is 0. The molecule has 2 N–H and O–H groups in total. The van der Waals surface area contributed by atoms with Gasteiger partial charge in [-0.25, -0.2) is 0 Å². The molecule has 4 atom stereocenters. The second-order valence-electron chi connectivity index (χ2n) is 6.66.